The molecule has 1 aliphatic rings. The molecule has 1 atom stereocenters. The van der Waals surface area contributed by atoms with Gasteiger partial charge >= 0.3 is 6.03 Å². The van der Waals surface area contributed by atoms with E-state index in [4.69, 9.17) is 23.2 Å². The standard InChI is InChI=1S/C15H21Cl2N3O/c1-2-8-20(12-4-3-7-18-10-12)15(21)19-11-5-6-13(16)14(17)9-11/h5-6,9,12,18H,2-4,7-8,10H2,1H3,(H,19,21). The fourth-order valence-electron chi connectivity index (χ4n) is 2.56. The predicted octanol–water partition coefficient (Wildman–Crippen LogP) is 3.99. The lowest BCUT2D eigenvalue weighted by Crippen LogP contribution is -2.50. The number of anilines is 1. The predicted molar refractivity (Wildman–Crippen MR) is 88.4 cm³/mol. The van der Waals surface area contributed by atoms with Gasteiger partial charge in [-0.1, -0.05) is 30.1 Å². The molecule has 1 aromatic rings. The van der Waals surface area contributed by atoms with Crippen molar-refractivity contribution < 1.29 is 4.79 Å². The van der Waals surface area contributed by atoms with Crippen molar-refractivity contribution in [2.75, 3.05) is 25.0 Å². The van der Waals surface area contributed by atoms with Gasteiger partial charge in [0.15, 0.2) is 0 Å². The van der Waals surface area contributed by atoms with E-state index in [1.54, 1.807) is 18.2 Å². The summed E-state index contributed by atoms with van der Waals surface area (Å²) in [6, 6.07) is 5.29. The molecule has 6 heteroatoms. The van der Waals surface area contributed by atoms with Crippen LogP contribution in [0.5, 0.6) is 0 Å². The second kappa shape index (κ2) is 7.87. The average molecular weight is 330 g/mol. The van der Waals surface area contributed by atoms with Crippen LogP contribution in [0.2, 0.25) is 10.0 Å². The Morgan fingerprint density at radius 2 is 2.24 bits per heavy atom. The van der Waals surface area contributed by atoms with Crippen LogP contribution in [-0.4, -0.2) is 36.6 Å². The largest absolute Gasteiger partial charge is 0.322 e. The van der Waals surface area contributed by atoms with Crippen LogP contribution in [0.15, 0.2) is 18.2 Å². The topological polar surface area (TPSA) is 44.4 Å². The highest BCUT2D eigenvalue weighted by atomic mass is 35.5. The summed E-state index contributed by atoms with van der Waals surface area (Å²) in [5.74, 6) is 0. The molecule has 2 rings (SSSR count). The van der Waals surface area contributed by atoms with Gasteiger partial charge in [-0.2, -0.15) is 0 Å². The third-order valence-corrected chi connectivity index (χ3v) is 4.35. The van der Waals surface area contributed by atoms with Gasteiger partial charge in [0.25, 0.3) is 0 Å². The fourth-order valence-corrected chi connectivity index (χ4v) is 2.86. The summed E-state index contributed by atoms with van der Waals surface area (Å²) in [6.07, 6.45) is 3.08. The molecule has 0 aliphatic carbocycles. The first-order valence-electron chi connectivity index (χ1n) is 7.35. The number of benzene rings is 1. The molecule has 0 radical (unpaired) electrons. The number of halogens is 2. The van der Waals surface area contributed by atoms with Crippen molar-refractivity contribution >= 4 is 34.9 Å². The maximum absolute atomic E-state index is 12.5. The molecule has 0 bridgehead atoms. The summed E-state index contributed by atoms with van der Waals surface area (Å²) in [6.45, 7) is 4.72. The lowest BCUT2D eigenvalue weighted by molar-refractivity contribution is 0.173. The van der Waals surface area contributed by atoms with Gasteiger partial charge in [0, 0.05) is 24.8 Å². The molecule has 1 aliphatic heterocycles. The Hall–Kier alpha value is -0.970. The maximum Gasteiger partial charge on any atom is 0.322 e. The number of carbonyl (C=O) groups excluding carboxylic acids is 1. The van der Waals surface area contributed by atoms with Gasteiger partial charge in [-0.25, -0.2) is 4.79 Å². The van der Waals surface area contributed by atoms with Gasteiger partial charge in [-0.3, -0.25) is 0 Å². The first-order chi connectivity index (χ1) is 10.1. The highest BCUT2D eigenvalue weighted by molar-refractivity contribution is 6.42. The van der Waals surface area contributed by atoms with Crippen molar-refractivity contribution in [2.45, 2.75) is 32.2 Å². The van der Waals surface area contributed by atoms with E-state index < -0.39 is 0 Å². The molecule has 2 N–H and O–H groups in total. The lowest BCUT2D eigenvalue weighted by atomic mass is 10.1. The Labute approximate surface area is 135 Å². The monoisotopic (exact) mass is 329 g/mol. The molecule has 1 heterocycles. The van der Waals surface area contributed by atoms with Gasteiger partial charge in [-0.05, 0) is 44.0 Å². The highest BCUT2D eigenvalue weighted by Crippen LogP contribution is 2.25. The number of urea groups is 1. The first kappa shape index (κ1) is 16.4. The second-order valence-corrected chi connectivity index (χ2v) is 6.07. The summed E-state index contributed by atoms with van der Waals surface area (Å²) in [5, 5.41) is 7.18. The highest BCUT2D eigenvalue weighted by Gasteiger charge is 2.24. The van der Waals surface area contributed by atoms with E-state index in [2.05, 4.69) is 17.6 Å². The summed E-state index contributed by atoms with van der Waals surface area (Å²) in [7, 11) is 0. The minimum absolute atomic E-state index is 0.0797. The molecule has 0 spiro atoms. The van der Waals surface area contributed by atoms with E-state index in [9.17, 15) is 4.79 Å². The minimum atomic E-state index is -0.0797. The van der Waals surface area contributed by atoms with Crippen molar-refractivity contribution in [3.8, 4) is 0 Å². The van der Waals surface area contributed by atoms with Crippen molar-refractivity contribution in [3.05, 3.63) is 28.2 Å². The number of carbonyl (C=O) groups is 1. The molecule has 116 valence electrons. The molecule has 1 saturated heterocycles. The Bertz CT molecular complexity index is 490. The molecule has 1 aromatic carbocycles. The summed E-state index contributed by atoms with van der Waals surface area (Å²) < 4.78 is 0. The zero-order valence-electron chi connectivity index (χ0n) is 12.2. The first-order valence-corrected chi connectivity index (χ1v) is 8.10. The number of nitrogens with zero attached hydrogens (tertiary/aromatic N) is 1. The molecule has 21 heavy (non-hydrogen) atoms. The van der Waals surface area contributed by atoms with Crippen molar-refractivity contribution in [3.63, 3.8) is 0 Å². The molecule has 1 unspecified atom stereocenters. The zero-order chi connectivity index (χ0) is 15.2. The van der Waals surface area contributed by atoms with Gasteiger partial charge < -0.3 is 15.5 Å². The van der Waals surface area contributed by atoms with Crippen LogP contribution < -0.4 is 10.6 Å². The van der Waals surface area contributed by atoms with E-state index in [1.165, 1.54) is 0 Å². The van der Waals surface area contributed by atoms with Crippen molar-refractivity contribution in [1.29, 1.82) is 0 Å². The smallest absolute Gasteiger partial charge is 0.320 e. The number of nitrogens with one attached hydrogen (secondary N) is 2. The second-order valence-electron chi connectivity index (χ2n) is 5.25. The van der Waals surface area contributed by atoms with E-state index in [-0.39, 0.29) is 12.1 Å². The Morgan fingerprint density at radius 3 is 2.86 bits per heavy atom. The van der Waals surface area contributed by atoms with E-state index in [0.717, 1.165) is 38.9 Å². The van der Waals surface area contributed by atoms with Gasteiger partial charge in [0.05, 0.1) is 10.0 Å². The third kappa shape index (κ3) is 4.50. The SMILES string of the molecule is CCCN(C(=O)Nc1ccc(Cl)c(Cl)c1)C1CCCNC1. The summed E-state index contributed by atoms with van der Waals surface area (Å²) in [5.41, 5.74) is 0.666. The third-order valence-electron chi connectivity index (χ3n) is 3.61. The van der Waals surface area contributed by atoms with Gasteiger partial charge in [-0.15, -0.1) is 0 Å². The maximum atomic E-state index is 12.5. The van der Waals surface area contributed by atoms with E-state index in [0.29, 0.717) is 15.7 Å². The molecular formula is C15H21Cl2N3O. The number of amides is 2. The van der Waals surface area contributed by atoms with Crippen LogP contribution in [0.25, 0.3) is 0 Å². The quantitative estimate of drug-likeness (QED) is 0.877. The summed E-state index contributed by atoms with van der Waals surface area (Å²) in [4.78, 5) is 14.4. The lowest BCUT2D eigenvalue weighted by Gasteiger charge is -2.34. The van der Waals surface area contributed by atoms with Gasteiger partial charge in [0.2, 0.25) is 0 Å². The molecule has 2 amide bonds. The van der Waals surface area contributed by atoms with E-state index >= 15 is 0 Å². The summed E-state index contributed by atoms with van der Waals surface area (Å²) >= 11 is 11.9. The molecule has 4 nitrogen and oxygen atoms in total. The van der Waals surface area contributed by atoms with Crippen molar-refractivity contribution in [1.82, 2.24) is 10.2 Å². The number of hydrogen-bond acceptors (Lipinski definition) is 2. The normalized spacial score (nSPS) is 18.3. The van der Waals surface area contributed by atoms with Crippen LogP contribution in [0, 0.1) is 0 Å². The number of hydrogen-bond donors (Lipinski definition) is 2. The van der Waals surface area contributed by atoms with Crippen LogP contribution >= 0.6 is 23.2 Å². The molecule has 1 fully saturated rings. The molecule has 0 saturated carbocycles. The Morgan fingerprint density at radius 1 is 1.43 bits per heavy atom. The fraction of sp³-hybridized carbons (Fsp3) is 0.533. The molecule has 0 aromatic heterocycles. The Balaban J connectivity index is 2.05. The van der Waals surface area contributed by atoms with E-state index in [1.807, 2.05) is 4.90 Å². The average Bonchev–Trinajstić information content (AvgIpc) is 2.49. The minimum Gasteiger partial charge on any atom is -0.320 e. The Kier molecular flexibility index (Phi) is 6.15. The van der Waals surface area contributed by atoms with Crippen LogP contribution in [-0.2, 0) is 0 Å². The number of rotatable bonds is 4. The van der Waals surface area contributed by atoms with Crippen LogP contribution in [0.1, 0.15) is 26.2 Å². The van der Waals surface area contributed by atoms with Crippen LogP contribution in [0.4, 0.5) is 10.5 Å². The van der Waals surface area contributed by atoms with Crippen molar-refractivity contribution in [2.24, 2.45) is 0 Å². The number of piperidine rings is 1. The zero-order valence-corrected chi connectivity index (χ0v) is 13.7. The van der Waals surface area contributed by atoms with Crippen LogP contribution in [0.3, 0.4) is 0 Å². The van der Waals surface area contributed by atoms with Gasteiger partial charge in [0.1, 0.15) is 0 Å². The molecular weight excluding hydrogens is 309 g/mol.